The Morgan fingerprint density at radius 3 is 2.91 bits per heavy atom. The van der Waals surface area contributed by atoms with Gasteiger partial charge in [0, 0.05) is 31.2 Å². The third-order valence-electron chi connectivity index (χ3n) is 5.40. The van der Waals surface area contributed by atoms with Crippen molar-refractivity contribution in [2.45, 2.75) is 64.1 Å². The van der Waals surface area contributed by atoms with Crippen molar-refractivity contribution in [1.82, 2.24) is 15.8 Å². The topological polar surface area (TPSA) is 71.7 Å². The van der Waals surface area contributed by atoms with Crippen LogP contribution in [0.2, 0.25) is 0 Å². The number of nitrogens with zero attached hydrogens (tertiary/aromatic N) is 2. The molecule has 1 aromatic heterocycles. The van der Waals surface area contributed by atoms with E-state index >= 15 is 0 Å². The van der Waals surface area contributed by atoms with E-state index in [1.807, 2.05) is 13.1 Å². The molecular weight excluding hydrogens is 292 g/mol. The molecular formula is C17H28N4O2. The summed E-state index contributed by atoms with van der Waals surface area (Å²) in [6.07, 6.45) is 9.55. The number of ether oxygens (including phenoxy) is 1. The predicted molar refractivity (Wildman–Crippen MR) is 89.2 cm³/mol. The van der Waals surface area contributed by atoms with E-state index in [1.54, 1.807) is 6.26 Å². The second-order valence-corrected chi connectivity index (χ2v) is 6.59. The highest BCUT2D eigenvalue weighted by Gasteiger charge is 2.55. The summed E-state index contributed by atoms with van der Waals surface area (Å²) in [7, 11) is 1.81. The fraction of sp³-hybridized carbons (Fsp3) is 0.765. The summed E-state index contributed by atoms with van der Waals surface area (Å²) in [5.41, 5.74) is 1.17. The second-order valence-electron chi connectivity index (χ2n) is 6.59. The van der Waals surface area contributed by atoms with Crippen molar-refractivity contribution in [1.29, 1.82) is 0 Å². The largest absolute Gasteiger partial charge is 0.378 e. The fourth-order valence-electron chi connectivity index (χ4n) is 4.13. The molecule has 2 aliphatic rings. The van der Waals surface area contributed by atoms with Gasteiger partial charge in [-0.15, -0.1) is 0 Å². The molecule has 2 N–H and O–H groups in total. The van der Waals surface area contributed by atoms with E-state index in [2.05, 4.69) is 27.7 Å². The Morgan fingerprint density at radius 1 is 1.43 bits per heavy atom. The Hall–Kier alpha value is -1.56. The van der Waals surface area contributed by atoms with Crippen LogP contribution in [0.3, 0.4) is 0 Å². The highest BCUT2D eigenvalue weighted by Crippen LogP contribution is 2.53. The van der Waals surface area contributed by atoms with Crippen LogP contribution in [-0.2, 0) is 11.3 Å². The molecule has 0 bridgehead atoms. The van der Waals surface area contributed by atoms with Crippen molar-refractivity contribution in [3.05, 3.63) is 18.0 Å². The average Bonchev–Trinajstić information content (AvgIpc) is 3.11. The average molecular weight is 320 g/mol. The van der Waals surface area contributed by atoms with Crippen LogP contribution >= 0.6 is 0 Å². The van der Waals surface area contributed by atoms with Gasteiger partial charge in [0.05, 0.1) is 12.6 Å². The van der Waals surface area contributed by atoms with E-state index in [1.165, 1.54) is 32.1 Å². The first kappa shape index (κ1) is 16.3. The first-order valence-corrected chi connectivity index (χ1v) is 8.76. The number of guanidine groups is 1. The molecule has 2 aliphatic carbocycles. The standard InChI is InChI=1S/C17H28N4O2/c1-3-22-15-11-14(17(15)8-5-4-6-9-17)20-16(18-2)19-12-13-7-10-23-21-13/h7,10,14-15H,3-6,8-9,11-12H2,1-2H3,(H2,18,19,20). The molecule has 1 aromatic rings. The van der Waals surface area contributed by atoms with Crippen LogP contribution in [0.4, 0.5) is 0 Å². The van der Waals surface area contributed by atoms with E-state index in [9.17, 15) is 0 Å². The minimum absolute atomic E-state index is 0.291. The minimum Gasteiger partial charge on any atom is -0.378 e. The maximum atomic E-state index is 6.01. The zero-order valence-electron chi connectivity index (χ0n) is 14.2. The second kappa shape index (κ2) is 7.34. The third-order valence-corrected chi connectivity index (χ3v) is 5.40. The van der Waals surface area contributed by atoms with Crippen molar-refractivity contribution in [3.8, 4) is 0 Å². The van der Waals surface area contributed by atoms with Crippen LogP contribution in [0, 0.1) is 5.41 Å². The van der Waals surface area contributed by atoms with Gasteiger partial charge in [-0.3, -0.25) is 4.99 Å². The smallest absolute Gasteiger partial charge is 0.191 e. The summed E-state index contributed by atoms with van der Waals surface area (Å²) in [5.74, 6) is 0.831. The quantitative estimate of drug-likeness (QED) is 0.644. The van der Waals surface area contributed by atoms with Gasteiger partial charge in [0.1, 0.15) is 12.0 Å². The van der Waals surface area contributed by atoms with Gasteiger partial charge in [-0.25, -0.2) is 0 Å². The van der Waals surface area contributed by atoms with Gasteiger partial charge in [0.15, 0.2) is 5.96 Å². The maximum absolute atomic E-state index is 6.01. The van der Waals surface area contributed by atoms with Crippen molar-refractivity contribution >= 4 is 5.96 Å². The first-order valence-electron chi connectivity index (χ1n) is 8.76. The molecule has 2 fully saturated rings. The molecule has 6 heteroatoms. The molecule has 0 radical (unpaired) electrons. The normalized spacial score (nSPS) is 26.8. The lowest BCUT2D eigenvalue weighted by molar-refractivity contribution is -0.145. The molecule has 1 spiro atoms. The van der Waals surface area contributed by atoms with E-state index in [0.717, 1.165) is 24.7 Å². The Balaban J connectivity index is 1.59. The Bertz CT molecular complexity index is 509. The zero-order chi connectivity index (χ0) is 16.1. The van der Waals surface area contributed by atoms with E-state index in [0.29, 0.717) is 24.1 Å². The van der Waals surface area contributed by atoms with Gasteiger partial charge in [-0.1, -0.05) is 24.4 Å². The van der Waals surface area contributed by atoms with Crippen LogP contribution in [-0.4, -0.2) is 36.9 Å². The predicted octanol–water partition coefficient (Wildman–Crippen LogP) is 2.47. The van der Waals surface area contributed by atoms with Crippen LogP contribution in [0.1, 0.15) is 51.1 Å². The number of rotatable bonds is 5. The molecule has 6 nitrogen and oxygen atoms in total. The first-order chi connectivity index (χ1) is 11.3. The highest BCUT2D eigenvalue weighted by molar-refractivity contribution is 5.80. The molecule has 3 rings (SSSR count). The van der Waals surface area contributed by atoms with Crippen LogP contribution in [0.15, 0.2) is 21.8 Å². The SMILES string of the molecule is CCOC1CC(NC(=NC)NCc2ccon2)C12CCCCC2. The molecule has 0 saturated heterocycles. The van der Waals surface area contributed by atoms with Crippen molar-refractivity contribution in [2.75, 3.05) is 13.7 Å². The Morgan fingerprint density at radius 2 is 2.26 bits per heavy atom. The van der Waals surface area contributed by atoms with E-state index in [4.69, 9.17) is 9.26 Å². The fourth-order valence-corrected chi connectivity index (χ4v) is 4.13. The lowest BCUT2D eigenvalue weighted by atomic mass is 9.55. The lowest BCUT2D eigenvalue weighted by Gasteiger charge is -2.57. The Kier molecular flexibility index (Phi) is 5.20. The van der Waals surface area contributed by atoms with Gasteiger partial charge in [-0.05, 0) is 26.2 Å². The molecule has 2 saturated carbocycles. The summed E-state index contributed by atoms with van der Waals surface area (Å²) in [5, 5.41) is 10.8. The summed E-state index contributed by atoms with van der Waals surface area (Å²) >= 11 is 0. The molecule has 0 aromatic carbocycles. The number of aliphatic imine (C=N–C) groups is 1. The monoisotopic (exact) mass is 320 g/mol. The molecule has 2 atom stereocenters. The van der Waals surface area contributed by atoms with Crippen molar-refractivity contribution in [2.24, 2.45) is 10.4 Å². The molecule has 128 valence electrons. The number of hydrogen-bond donors (Lipinski definition) is 2. The molecule has 2 unspecified atom stereocenters. The zero-order valence-corrected chi connectivity index (χ0v) is 14.2. The number of nitrogens with one attached hydrogen (secondary N) is 2. The minimum atomic E-state index is 0.291. The maximum Gasteiger partial charge on any atom is 0.191 e. The summed E-state index contributed by atoms with van der Waals surface area (Å²) in [4.78, 5) is 4.35. The number of hydrogen-bond acceptors (Lipinski definition) is 4. The summed E-state index contributed by atoms with van der Waals surface area (Å²) in [6, 6.07) is 2.31. The summed E-state index contributed by atoms with van der Waals surface area (Å²) < 4.78 is 10.9. The van der Waals surface area contributed by atoms with Gasteiger partial charge >= 0.3 is 0 Å². The number of aromatic nitrogens is 1. The van der Waals surface area contributed by atoms with E-state index < -0.39 is 0 Å². The van der Waals surface area contributed by atoms with Gasteiger partial charge in [0.2, 0.25) is 0 Å². The molecule has 1 heterocycles. The third kappa shape index (κ3) is 3.37. The van der Waals surface area contributed by atoms with Crippen LogP contribution in [0.25, 0.3) is 0 Å². The van der Waals surface area contributed by atoms with Gasteiger partial charge in [0.25, 0.3) is 0 Å². The van der Waals surface area contributed by atoms with Crippen LogP contribution < -0.4 is 10.6 Å². The molecule has 23 heavy (non-hydrogen) atoms. The van der Waals surface area contributed by atoms with Gasteiger partial charge < -0.3 is 19.9 Å². The van der Waals surface area contributed by atoms with Crippen molar-refractivity contribution < 1.29 is 9.26 Å². The van der Waals surface area contributed by atoms with Gasteiger partial charge in [-0.2, -0.15) is 0 Å². The van der Waals surface area contributed by atoms with Crippen LogP contribution in [0.5, 0.6) is 0 Å². The Labute approximate surface area is 138 Å². The lowest BCUT2D eigenvalue weighted by Crippen LogP contribution is -2.66. The summed E-state index contributed by atoms with van der Waals surface area (Å²) in [6.45, 7) is 3.51. The molecule has 0 amide bonds. The van der Waals surface area contributed by atoms with Crippen molar-refractivity contribution in [3.63, 3.8) is 0 Å². The molecule has 0 aliphatic heterocycles. The highest BCUT2D eigenvalue weighted by atomic mass is 16.5. The van der Waals surface area contributed by atoms with E-state index in [-0.39, 0.29) is 0 Å².